The van der Waals surface area contributed by atoms with E-state index >= 15 is 0 Å². The van der Waals surface area contributed by atoms with Gasteiger partial charge in [-0.25, -0.2) is 0 Å². The van der Waals surface area contributed by atoms with E-state index in [-0.39, 0.29) is 11.8 Å². The van der Waals surface area contributed by atoms with E-state index in [1.807, 2.05) is 30.3 Å². The summed E-state index contributed by atoms with van der Waals surface area (Å²) in [5.41, 5.74) is 2.08. The maximum absolute atomic E-state index is 9.26. The standard InChI is InChI=1S/C15H15NO3/c1-10(16-12-3-5-13(17)6-4-12)11-2-7-14-15(8-11)19-9-18-14/h2-8,10,16-17H,9H2,1H3. The van der Waals surface area contributed by atoms with Crippen LogP contribution < -0.4 is 14.8 Å². The first-order valence-electron chi connectivity index (χ1n) is 6.17. The molecule has 1 aliphatic heterocycles. The third-order valence-electron chi connectivity index (χ3n) is 3.15. The van der Waals surface area contributed by atoms with Gasteiger partial charge in [0.2, 0.25) is 6.79 Å². The Morgan fingerprint density at radius 1 is 1.05 bits per heavy atom. The monoisotopic (exact) mass is 257 g/mol. The molecule has 0 aromatic heterocycles. The molecule has 1 heterocycles. The van der Waals surface area contributed by atoms with E-state index in [9.17, 15) is 5.11 Å². The Kier molecular flexibility index (Phi) is 2.91. The lowest BCUT2D eigenvalue weighted by molar-refractivity contribution is 0.174. The van der Waals surface area contributed by atoms with E-state index in [1.165, 1.54) is 0 Å². The molecule has 19 heavy (non-hydrogen) atoms. The quantitative estimate of drug-likeness (QED) is 0.828. The fourth-order valence-electron chi connectivity index (χ4n) is 2.07. The van der Waals surface area contributed by atoms with Gasteiger partial charge in [0.05, 0.1) is 0 Å². The Hall–Kier alpha value is -2.36. The number of hydrogen-bond donors (Lipinski definition) is 2. The molecule has 0 saturated carbocycles. The predicted octanol–water partition coefficient (Wildman–Crippen LogP) is 3.29. The minimum atomic E-state index is 0.138. The topological polar surface area (TPSA) is 50.7 Å². The fourth-order valence-corrected chi connectivity index (χ4v) is 2.07. The van der Waals surface area contributed by atoms with Crippen LogP contribution in [0.1, 0.15) is 18.5 Å². The highest BCUT2D eigenvalue weighted by atomic mass is 16.7. The molecule has 0 radical (unpaired) electrons. The molecule has 1 unspecified atom stereocenters. The lowest BCUT2D eigenvalue weighted by Gasteiger charge is -2.16. The second-order valence-corrected chi connectivity index (χ2v) is 4.53. The molecule has 3 rings (SSSR count). The van der Waals surface area contributed by atoms with Crippen molar-refractivity contribution in [2.24, 2.45) is 0 Å². The highest BCUT2D eigenvalue weighted by Crippen LogP contribution is 2.34. The highest BCUT2D eigenvalue weighted by molar-refractivity contribution is 5.50. The SMILES string of the molecule is CC(Nc1ccc(O)cc1)c1ccc2c(c1)OCO2. The van der Waals surface area contributed by atoms with Crippen LogP contribution >= 0.6 is 0 Å². The number of rotatable bonds is 3. The largest absolute Gasteiger partial charge is 0.508 e. The highest BCUT2D eigenvalue weighted by Gasteiger charge is 2.15. The molecule has 1 atom stereocenters. The van der Waals surface area contributed by atoms with Crippen molar-refractivity contribution in [1.29, 1.82) is 0 Å². The molecule has 0 spiro atoms. The summed E-state index contributed by atoms with van der Waals surface area (Å²) in [7, 11) is 0. The van der Waals surface area contributed by atoms with Crippen LogP contribution in [-0.4, -0.2) is 11.9 Å². The molecule has 0 saturated heterocycles. The van der Waals surface area contributed by atoms with Gasteiger partial charge in [-0.05, 0) is 48.9 Å². The second kappa shape index (κ2) is 4.72. The van der Waals surface area contributed by atoms with Gasteiger partial charge >= 0.3 is 0 Å². The van der Waals surface area contributed by atoms with Gasteiger partial charge in [0.1, 0.15) is 5.75 Å². The molecule has 0 fully saturated rings. The maximum Gasteiger partial charge on any atom is 0.231 e. The smallest absolute Gasteiger partial charge is 0.231 e. The average molecular weight is 257 g/mol. The van der Waals surface area contributed by atoms with Crippen molar-refractivity contribution in [3.05, 3.63) is 48.0 Å². The van der Waals surface area contributed by atoms with Crippen LogP contribution in [-0.2, 0) is 0 Å². The first-order chi connectivity index (χ1) is 9.22. The molecule has 98 valence electrons. The lowest BCUT2D eigenvalue weighted by Crippen LogP contribution is -2.06. The number of ether oxygens (including phenoxy) is 2. The summed E-state index contributed by atoms with van der Waals surface area (Å²) in [5, 5.41) is 12.6. The van der Waals surface area contributed by atoms with Gasteiger partial charge in [-0.1, -0.05) is 6.07 Å². The first-order valence-corrected chi connectivity index (χ1v) is 6.17. The number of hydrogen-bond acceptors (Lipinski definition) is 4. The number of nitrogens with one attached hydrogen (secondary N) is 1. The van der Waals surface area contributed by atoms with Gasteiger partial charge in [-0.3, -0.25) is 0 Å². The summed E-state index contributed by atoms with van der Waals surface area (Å²) in [4.78, 5) is 0. The third kappa shape index (κ3) is 2.42. The Morgan fingerprint density at radius 3 is 2.58 bits per heavy atom. The van der Waals surface area contributed by atoms with Crippen molar-refractivity contribution in [3.63, 3.8) is 0 Å². The first kappa shape index (κ1) is 11.7. The fraction of sp³-hybridized carbons (Fsp3) is 0.200. The molecule has 4 heteroatoms. The Bertz CT molecular complexity index is 580. The van der Waals surface area contributed by atoms with Crippen molar-refractivity contribution in [2.45, 2.75) is 13.0 Å². The number of aromatic hydroxyl groups is 1. The van der Waals surface area contributed by atoms with Crippen LogP contribution in [0.2, 0.25) is 0 Å². The van der Waals surface area contributed by atoms with E-state index in [4.69, 9.17) is 9.47 Å². The van der Waals surface area contributed by atoms with Crippen molar-refractivity contribution in [1.82, 2.24) is 0 Å². The molecule has 0 amide bonds. The van der Waals surface area contributed by atoms with Gasteiger partial charge in [0.25, 0.3) is 0 Å². The number of fused-ring (bicyclic) bond motifs is 1. The van der Waals surface area contributed by atoms with Crippen LogP contribution in [0.15, 0.2) is 42.5 Å². The molecule has 1 aliphatic rings. The zero-order chi connectivity index (χ0) is 13.2. The molecule has 2 N–H and O–H groups in total. The van der Waals surface area contributed by atoms with Gasteiger partial charge in [-0.2, -0.15) is 0 Å². The molecular weight excluding hydrogens is 242 g/mol. The third-order valence-corrected chi connectivity index (χ3v) is 3.15. The van der Waals surface area contributed by atoms with E-state index < -0.39 is 0 Å². The summed E-state index contributed by atoms with van der Waals surface area (Å²) < 4.78 is 10.7. The normalized spacial score (nSPS) is 14.2. The number of phenols is 1. The van der Waals surface area contributed by atoms with Gasteiger partial charge in [0, 0.05) is 11.7 Å². The van der Waals surface area contributed by atoms with Gasteiger partial charge < -0.3 is 19.9 Å². The minimum Gasteiger partial charge on any atom is -0.508 e. The maximum atomic E-state index is 9.26. The average Bonchev–Trinajstić information content (AvgIpc) is 2.88. The number of anilines is 1. The summed E-state index contributed by atoms with van der Waals surface area (Å²) >= 11 is 0. The summed E-state index contributed by atoms with van der Waals surface area (Å²) in [5.74, 6) is 1.85. The zero-order valence-electron chi connectivity index (χ0n) is 10.6. The van der Waals surface area contributed by atoms with Crippen molar-refractivity contribution < 1.29 is 14.6 Å². The Morgan fingerprint density at radius 2 is 1.79 bits per heavy atom. The van der Waals surface area contributed by atoms with Crippen LogP contribution in [0, 0.1) is 0 Å². The van der Waals surface area contributed by atoms with Gasteiger partial charge in [-0.15, -0.1) is 0 Å². The molecule has 0 bridgehead atoms. The predicted molar refractivity (Wildman–Crippen MR) is 72.7 cm³/mol. The van der Waals surface area contributed by atoms with Crippen molar-refractivity contribution >= 4 is 5.69 Å². The van der Waals surface area contributed by atoms with Crippen LogP contribution in [0.25, 0.3) is 0 Å². The summed E-state index contributed by atoms with van der Waals surface area (Å²) in [6, 6.07) is 13.1. The summed E-state index contributed by atoms with van der Waals surface area (Å²) in [6.07, 6.45) is 0. The summed E-state index contributed by atoms with van der Waals surface area (Å²) in [6.45, 7) is 2.36. The van der Waals surface area contributed by atoms with Crippen molar-refractivity contribution in [2.75, 3.05) is 12.1 Å². The van der Waals surface area contributed by atoms with Crippen LogP contribution in [0.4, 0.5) is 5.69 Å². The second-order valence-electron chi connectivity index (χ2n) is 4.53. The minimum absolute atomic E-state index is 0.138. The molecule has 0 aliphatic carbocycles. The molecule has 2 aromatic rings. The van der Waals surface area contributed by atoms with Crippen LogP contribution in [0.5, 0.6) is 17.2 Å². The van der Waals surface area contributed by atoms with E-state index in [0.717, 1.165) is 22.7 Å². The van der Waals surface area contributed by atoms with Crippen molar-refractivity contribution in [3.8, 4) is 17.2 Å². The van der Waals surface area contributed by atoms with E-state index in [1.54, 1.807) is 12.1 Å². The number of phenolic OH excluding ortho intramolecular Hbond substituents is 1. The molecule has 2 aromatic carbocycles. The number of benzene rings is 2. The Labute approximate surface area is 111 Å². The van der Waals surface area contributed by atoms with E-state index in [0.29, 0.717) is 6.79 Å². The lowest BCUT2D eigenvalue weighted by atomic mass is 10.1. The molecular formula is C15H15NO3. The Balaban J connectivity index is 1.76. The van der Waals surface area contributed by atoms with Crippen LogP contribution in [0.3, 0.4) is 0 Å². The van der Waals surface area contributed by atoms with E-state index in [2.05, 4.69) is 12.2 Å². The molecule has 4 nitrogen and oxygen atoms in total. The zero-order valence-corrected chi connectivity index (χ0v) is 10.6. The van der Waals surface area contributed by atoms with Gasteiger partial charge in [0.15, 0.2) is 11.5 Å².